The molecule has 1 saturated heterocycles. The van der Waals surface area contributed by atoms with Gasteiger partial charge in [0.1, 0.15) is 18.1 Å². The van der Waals surface area contributed by atoms with E-state index in [1.807, 2.05) is 42.1 Å². The summed E-state index contributed by atoms with van der Waals surface area (Å²) in [6.07, 6.45) is 2.79. The zero-order valence-electron chi connectivity index (χ0n) is 16.4. The summed E-state index contributed by atoms with van der Waals surface area (Å²) in [5.74, 6) is 2.91. The lowest BCUT2D eigenvalue weighted by Crippen LogP contribution is -2.13. The molecule has 1 aliphatic rings. The summed E-state index contributed by atoms with van der Waals surface area (Å²) in [6.45, 7) is 5.72. The van der Waals surface area contributed by atoms with Crippen LogP contribution in [-0.4, -0.2) is 40.1 Å². The van der Waals surface area contributed by atoms with E-state index in [2.05, 4.69) is 18.0 Å². The van der Waals surface area contributed by atoms with Crippen molar-refractivity contribution < 1.29 is 14.2 Å². The Morgan fingerprint density at radius 1 is 1.21 bits per heavy atom. The zero-order chi connectivity index (χ0) is 19.5. The molecule has 4 rings (SSSR count). The number of aryl methyl sites for hydroxylation is 2. The van der Waals surface area contributed by atoms with Gasteiger partial charge in [0.25, 0.3) is 0 Å². The van der Waals surface area contributed by atoms with Crippen molar-refractivity contribution in [1.82, 2.24) is 19.7 Å². The summed E-state index contributed by atoms with van der Waals surface area (Å²) < 4.78 is 18.7. The van der Waals surface area contributed by atoms with Gasteiger partial charge in [-0.15, -0.1) is 0 Å². The third kappa shape index (κ3) is 3.84. The number of benzene rings is 1. The van der Waals surface area contributed by atoms with Gasteiger partial charge >= 0.3 is 0 Å². The molecule has 1 fully saturated rings. The molecule has 3 heterocycles. The lowest BCUT2D eigenvalue weighted by Gasteiger charge is -2.12. The van der Waals surface area contributed by atoms with Crippen LogP contribution < -0.4 is 9.47 Å². The summed E-state index contributed by atoms with van der Waals surface area (Å²) >= 11 is 0. The van der Waals surface area contributed by atoms with E-state index in [9.17, 15) is 0 Å². The van der Waals surface area contributed by atoms with Gasteiger partial charge in [0.15, 0.2) is 11.6 Å². The van der Waals surface area contributed by atoms with Crippen LogP contribution in [0, 0.1) is 13.8 Å². The highest BCUT2D eigenvalue weighted by Crippen LogP contribution is 2.28. The highest BCUT2D eigenvalue weighted by Gasteiger charge is 2.24. The lowest BCUT2D eigenvalue weighted by molar-refractivity contribution is 0.184. The van der Waals surface area contributed by atoms with Crippen molar-refractivity contribution in [3.63, 3.8) is 0 Å². The van der Waals surface area contributed by atoms with E-state index in [1.165, 1.54) is 0 Å². The molecule has 7 nitrogen and oxygen atoms in total. The first-order chi connectivity index (χ1) is 13.6. The Balaban J connectivity index is 1.63. The van der Waals surface area contributed by atoms with Crippen LogP contribution >= 0.6 is 0 Å². The van der Waals surface area contributed by atoms with E-state index < -0.39 is 0 Å². The summed E-state index contributed by atoms with van der Waals surface area (Å²) in [7, 11) is 1.64. The van der Waals surface area contributed by atoms with E-state index in [1.54, 1.807) is 7.11 Å². The molecular weight excluding hydrogens is 356 g/mol. The van der Waals surface area contributed by atoms with Crippen molar-refractivity contribution in [2.24, 2.45) is 0 Å². The monoisotopic (exact) mass is 380 g/mol. The summed E-state index contributed by atoms with van der Waals surface area (Å²) in [5.41, 5.74) is 3.09. The molecule has 146 valence electrons. The smallest absolute Gasteiger partial charge is 0.188 e. The Kier molecular flexibility index (Phi) is 5.25. The number of ether oxygens (including phenoxy) is 3. The molecule has 0 aliphatic carbocycles. The van der Waals surface area contributed by atoms with Gasteiger partial charge in [-0.05, 0) is 44.0 Å². The molecule has 28 heavy (non-hydrogen) atoms. The van der Waals surface area contributed by atoms with E-state index in [0.717, 1.165) is 47.2 Å². The second kappa shape index (κ2) is 7.98. The molecule has 1 aromatic carbocycles. The lowest BCUT2D eigenvalue weighted by atomic mass is 10.1. The van der Waals surface area contributed by atoms with Crippen molar-refractivity contribution in [3.05, 3.63) is 53.6 Å². The first-order valence-corrected chi connectivity index (χ1v) is 9.37. The van der Waals surface area contributed by atoms with Gasteiger partial charge in [-0.3, -0.25) is 4.98 Å². The Labute approximate surface area is 164 Å². The quantitative estimate of drug-likeness (QED) is 0.652. The molecule has 3 aromatic rings. The number of nitrogens with zero attached hydrogens (tertiary/aromatic N) is 4. The topological polar surface area (TPSA) is 71.3 Å². The molecule has 0 saturated carbocycles. The predicted octanol–water partition coefficient (Wildman–Crippen LogP) is 3.51. The number of pyridine rings is 1. The molecule has 7 heteroatoms. The second-order valence-corrected chi connectivity index (χ2v) is 6.92. The van der Waals surface area contributed by atoms with Gasteiger partial charge in [0, 0.05) is 30.1 Å². The maximum absolute atomic E-state index is 5.89. The molecule has 1 aliphatic heterocycles. The van der Waals surface area contributed by atoms with Crippen LogP contribution in [0.1, 0.15) is 29.5 Å². The minimum Gasteiger partial charge on any atom is -0.497 e. The van der Waals surface area contributed by atoms with E-state index >= 15 is 0 Å². The van der Waals surface area contributed by atoms with Crippen molar-refractivity contribution >= 4 is 0 Å². The first-order valence-electron chi connectivity index (χ1n) is 9.37. The highest BCUT2D eigenvalue weighted by molar-refractivity contribution is 5.59. The maximum Gasteiger partial charge on any atom is 0.188 e. The fourth-order valence-electron chi connectivity index (χ4n) is 3.35. The fraction of sp³-hybridized carbons (Fsp3) is 0.381. The minimum atomic E-state index is 0.175. The molecule has 2 aromatic heterocycles. The molecule has 1 atom stereocenters. The van der Waals surface area contributed by atoms with Crippen LogP contribution in [0.4, 0.5) is 0 Å². The minimum absolute atomic E-state index is 0.175. The average Bonchev–Trinajstić information content (AvgIpc) is 3.36. The van der Waals surface area contributed by atoms with Crippen LogP contribution in [0.25, 0.3) is 11.4 Å². The fourth-order valence-corrected chi connectivity index (χ4v) is 3.35. The maximum atomic E-state index is 5.89. The van der Waals surface area contributed by atoms with Gasteiger partial charge in [-0.25, -0.2) is 9.67 Å². The van der Waals surface area contributed by atoms with Crippen LogP contribution in [0.15, 0.2) is 36.5 Å². The van der Waals surface area contributed by atoms with E-state index in [4.69, 9.17) is 24.3 Å². The van der Waals surface area contributed by atoms with Crippen molar-refractivity contribution in [2.75, 3.05) is 20.3 Å². The SMILES string of the molecule is COc1cccc(OCc2nc(-c3cnc(C)cc3C)n(C3CCOC3)n2)c1. The van der Waals surface area contributed by atoms with Crippen molar-refractivity contribution in [2.45, 2.75) is 32.9 Å². The second-order valence-electron chi connectivity index (χ2n) is 6.92. The van der Waals surface area contributed by atoms with Crippen LogP contribution in [0.5, 0.6) is 11.5 Å². The molecule has 1 unspecified atom stereocenters. The zero-order valence-corrected chi connectivity index (χ0v) is 16.4. The summed E-state index contributed by atoms with van der Waals surface area (Å²) in [5, 5.41) is 4.73. The average molecular weight is 380 g/mol. The Morgan fingerprint density at radius 3 is 2.82 bits per heavy atom. The molecule has 0 bridgehead atoms. The number of aromatic nitrogens is 4. The third-order valence-corrected chi connectivity index (χ3v) is 4.82. The van der Waals surface area contributed by atoms with E-state index in [0.29, 0.717) is 12.4 Å². The van der Waals surface area contributed by atoms with Crippen molar-refractivity contribution in [3.8, 4) is 22.9 Å². The molecule has 0 spiro atoms. The summed E-state index contributed by atoms with van der Waals surface area (Å²) in [4.78, 5) is 9.22. The first kappa shape index (κ1) is 18.4. The predicted molar refractivity (Wildman–Crippen MR) is 105 cm³/mol. The van der Waals surface area contributed by atoms with Crippen LogP contribution in [-0.2, 0) is 11.3 Å². The van der Waals surface area contributed by atoms with E-state index in [-0.39, 0.29) is 12.6 Å². The van der Waals surface area contributed by atoms with Gasteiger partial charge in [0.2, 0.25) is 0 Å². The van der Waals surface area contributed by atoms with Crippen LogP contribution in [0.2, 0.25) is 0 Å². The number of hydrogen-bond acceptors (Lipinski definition) is 6. The molecule has 0 N–H and O–H groups in total. The molecule has 0 amide bonds. The Hall–Kier alpha value is -2.93. The van der Waals surface area contributed by atoms with Gasteiger partial charge in [-0.1, -0.05) is 6.07 Å². The Morgan fingerprint density at radius 2 is 2.07 bits per heavy atom. The summed E-state index contributed by atoms with van der Waals surface area (Å²) in [6, 6.07) is 9.74. The van der Waals surface area contributed by atoms with Gasteiger partial charge in [0.05, 0.1) is 19.8 Å². The molecule has 0 radical (unpaired) electrons. The van der Waals surface area contributed by atoms with Gasteiger partial charge in [-0.2, -0.15) is 5.10 Å². The highest BCUT2D eigenvalue weighted by atomic mass is 16.5. The standard InChI is InChI=1S/C21H24N4O3/c1-14-9-15(2)22-11-19(14)21-23-20(24-25(21)16-7-8-27-12-16)13-28-18-6-4-5-17(10-18)26-3/h4-6,9-11,16H,7-8,12-13H2,1-3H3. The van der Waals surface area contributed by atoms with Gasteiger partial charge < -0.3 is 14.2 Å². The largest absolute Gasteiger partial charge is 0.497 e. The normalized spacial score (nSPS) is 16.3. The number of rotatable bonds is 6. The van der Waals surface area contributed by atoms with Crippen LogP contribution in [0.3, 0.4) is 0 Å². The Bertz CT molecular complexity index is 964. The number of methoxy groups -OCH3 is 1. The molecular formula is C21H24N4O3. The third-order valence-electron chi connectivity index (χ3n) is 4.82. The number of hydrogen-bond donors (Lipinski definition) is 0. The van der Waals surface area contributed by atoms with Crippen molar-refractivity contribution in [1.29, 1.82) is 0 Å².